The van der Waals surface area contributed by atoms with E-state index in [4.69, 9.17) is 11.6 Å². The molecule has 0 radical (unpaired) electrons. The topological polar surface area (TPSA) is 66.4 Å². The summed E-state index contributed by atoms with van der Waals surface area (Å²) in [6, 6.07) is 7.00. The highest BCUT2D eigenvalue weighted by atomic mass is 35.5. The molecular weight excluding hydrogens is 278 g/mol. The number of benzene rings is 1. The summed E-state index contributed by atoms with van der Waals surface area (Å²) >= 11 is 6.02. The van der Waals surface area contributed by atoms with Crippen LogP contribution in [0.25, 0.3) is 0 Å². The van der Waals surface area contributed by atoms with E-state index < -0.39 is 17.8 Å². The van der Waals surface area contributed by atoms with Crippen molar-refractivity contribution in [3.05, 3.63) is 29.3 Å². The predicted octanol–water partition coefficient (Wildman–Crippen LogP) is 3.03. The summed E-state index contributed by atoms with van der Waals surface area (Å²) in [6.07, 6.45) is 2.74. The maximum atomic E-state index is 12.4. The van der Waals surface area contributed by atoms with Crippen molar-refractivity contribution in [1.82, 2.24) is 0 Å². The van der Waals surface area contributed by atoms with Gasteiger partial charge in [0.05, 0.1) is 22.5 Å². The van der Waals surface area contributed by atoms with Crippen LogP contribution in [-0.4, -0.2) is 17.0 Å². The van der Waals surface area contributed by atoms with Crippen LogP contribution < -0.4 is 5.32 Å². The Morgan fingerprint density at radius 1 is 1.15 bits per heavy atom. The van der Waals surface area contributed by atoms with E-state index in [9.17, 15) is 14.7 Å². The summed E-state index contributed by atoms with van der Waals surface area (Å²) in [5.41, 5.74) is 0.547. The van der Waals surface area contributed by atoms with Crippen LogP contribution in [0.5, 0.6) is 0 Å². The molecule has 0 saturated heterocycles. The van der Waals surface area contributed by atoms with Crippen molar-refractivity contribution in [2.45, 2.75) is 19.3 Å². The van der Waals surface area contributed by atoms with Crippen molar-refractivity contribution in [2.24, 2.45) is 23.7 Å². The number of hydrogen-bond acceptors (Lipinski definition) is 2. The lowest BCUT2D eigenvalue weighted by Crippen LogP contribution is -2.37. The van der Waals surface area contributed by atoms with E-state index in [0.717, 1.165) is 19.3 Å². The minimum Gasteiger partial charge on any atom is -0.481 e. The van der Waals surface area contributed by atoms with Gasteiger partial charge in [0.2, 0.25) is 5.91 Å². The molecule has 0 aromatic heterocycles. The molecule has 1 aromatic rings. The number of para-hydroxylation sites is 1. The highest BCUT2D eigenvalue weighted by Gasteiger charge is 2.53. The second kappa shape index (κ2) is 5.09. The molecule has 2 aliphatic carbocycles. The number of fused-ring (bicyclic) bond motifs is 2. The molecule has 4 atom stereocenters. The summed E-state index contributed by atoms with van der Waals surface area (Å²) in [5.74, 6) is -1.68. The number of aliphatic carboxylic acids is 1. The maximum Gasteiger partial charge on any atom is 0.307 e. The van der Waals surface area contributed by atoms with Crippen molar-refractivity contribution < 1.29 is 14.7 Å². The van der Waals surface area contributed by atoms with Gasteiger partial charge in [-0.1, -0.05) is 23.7 Å². The molecule has 1 amide bonds. The van der Waals surface area contributed by atoms with E-state index in [1.165, 1.54) is 0 Å². The first kappa shape index (κ1) is 13.4. The third-order valence-corrected chi connectivity index (χ3v) is 4.97. The van der Waals surface area contributed by atoms with E-state index in [1.807, 2.05) is 0 Å². The van der Waals surface area contributed by atoms with Crippen LogP contribution in [0.3, 0.4) is 0 Å². The van der Waals surface area contributed by atoms with Gasteiger partial charge >= 0.3 is 5.97 Å². The summed E-state index contributed by atoms with van der Waals surface area (Å²) in [6.45, 7) is 0. The van der Waals surface area contributed by atoms with Gasteiger partial charge in [-0.15, -0.1) is 0 Å². The lowest BCUT2D eigenvalue weighted by atomic mass is 9.78. The number of carbonyl (C=O) groups excluding carboxylic acids is 1. The maximum absolute atomic E-state index is 12.4. The van der Waals surface area contributed by atoms with Crippen LogP contribution in [0.4, 0.5) is 5.69 Å². The third kappa shape index (κ3) is 2.18. The molecule has 3 rings (SSSR count). The van der Waals surface area contributed by atoms with E-state index in [2.05, 4.69) is 5.32 Å². The third-order valence-electron chi connectivity index (χ3n) is 4.64. The van der Waals surface area contributed by atoms with Crippen LogP contribution in [0, 0.1) is 23.7 Å². The highest BCUT2D eigenvalue weighted by molar-refractivity contribution is 6.33. The normalized spacial score (nSPS) is 31.2. The number of carbonyl (C=O) groups is 2. The van der Waals surface area contributed by atoms with Crippen LogP contribution in [0.2, 0.25) is 5.02 Å². The monoisotopic (exact) mass is 293 g/mol. The van der Waals surface area contributed by atoms with Gasteiger partial charge in [0, 0.05) is 0 Å². The molecule has 2 saturated carbocycles. The standard InChI is InChI=1S/C15H16ClNO3/c16-10-3-1-2-4-11(10)17-14(18)12-8-5-6-9(7-8)13(12)15(19)20/h1-4,8-9,12-13H,5-7H2,(H,17,18)(H,19,20)/t8-,9-,12+,13+/m0/s1. The fourth-order valence-corrected chi connectivity index (χ4v) is 3.99. The second-order valence-electron chi connectivity index (χ2n) is 5.69. The molecule has 5 heteroatoms. The Morgan fingerprint density at radius 2 is 1.80 bits per heavy atom. The Kier molecular flexibility index (Phi) is 3.42. The van der Waals surface area contributed by atoms with Gasteiger partial charge < -0.3 is 10.4 Å². The van der Waals surface area contributed by atoms with Crippen LogP contribution >= 0.6 is 11.6 Å². The van der Waals surface area contributed by atoms with Crippen molar-refractivity contribution in [1.29, 1.82) is 0 Å². The van der Waals surface area contributed by atoms with Crippen LogP contribution in [0.1, 0.15) is 19.3 Å². The van der Waals surface area contributed by atoms with Gasteiger partial charge in [-0.05, 0) is 43.2 Å². The van der Waals surface area contributed by atoms with E-state index in [-0.39, 0.29) is 17.7 Å². The lowest BCUT2D eigenvalue weighted by molar-refractivity contribution is -0.148. The largest absolute Gasteiger partial charge is 0.481 e. The zero-order valence-corrected chi connectivity index (χ0v) is 11.6. The minimum absolute atomic E-state index is 0.152. The molecule has 20 heavy (non-hydrogen) atoms. The number of amides is 1. The van der Waals surface area contributed by atoms with Crippen LogP contribution in [-0.2, 0) is 9.59 Å². The average molecular weight is 294 g/mol. The summed E-state index contributed by atoms with van der Waals surface area (Å²) in [5, 5.41) is 12.6. The molecule has 0 aliphatic heterocycles. The zero-order chi connectivity index (χ0) is 14.3. The minimum atomic E-state index is -0.850. The number of carboxylic acids is 1. The van der Waals surface area contributed by atoms with Crippen molar-refractivity contribution in [3.63, 3.8) is 0 Å². The number of carboxylic acid groups (broad SMARTS) is 1. The lowest BCUT2D eigenvalue weighted by Gasteiger charge is -2.27. The number of anilines is 1. The number of hydrogen-bond donors (Lipinski definition) is 2. The Balaban J connectivity index is 1.80. The highest BCUT2D eigenvalue weighted by Crippen LogP contribution is 2.52. The molecule has 2 N–H and O–H groups in total. The van der Waals surface area contributed by atoms with Crippen LogP contribution in [0.15, 0.2) is 24.3 Å². The second-order valence-corrected chi connectivity index (χ2v) is 6.10. The summed E-state index contributed by atoms with van der Waals surface area (Å²) in [4.78, 5) is 23.9. The fraction of sp³-hybridized carbons (Fsp3) is 0.467. The fourth-order valence-electron chi connectivity index (χ4n) is 3.80. The van der Waals surface area contributed by atoms with Gasteiger partial charge in [-0.2, -0.15) is 0 Å². The van der Waals surface area contributed by atoms with E-state index in [1.54, 1.807) is 24.3 Å². The first-order chi connectivity index (χ1) is 9.58. The molecule has 2 bridgehead atoms. The van der Waals surface area contributed by atoms with E-state index in [0.29, 0.717) is 10.7 Å². The van der Waals surface area contributed by atoms with Gasteiger partial charge in [-0.3, -0.25) is 9.59 Å². The molecular formula is C15H16ClNO3. The smallest absolute Gasteiger partial charge is 0.307 e. The first-order valence-corrected chi connectivity index (χ1v) is 7.24. The predicted molar refractivity (Wildman–Crippen MR) is 75.5 cm³/mol. The molecule has 106 valence electrons. The van der Waals surface area contributed by atoms with Gasteiger partial charge in [0.25, 0.3) is 0 Å². The number of halogens is 1. The Morgan fingerprint density at radius 3 is 2.45 bits per heavy atom. The average Bonchev–Trinajstić information content (AvgIpc) is 3.01. The Labute approximate surface area is 122 Å². The van der Waals surface area contributed by atoms with Gasteiger partial charge in [-0.25, -0.2) is 0 Å². The molecule has 0 heterocycles. The molecule has 2 aliphatic rings. The van der Waals surface area contributed by atoms with Crippen molar-refractivity contribution in [2.75, 3.05) is 5.32 Å². The van der Waals surface area contributed by atoms with Gasteiger partial charge in [0.1, 0.15) is 0 Å². The Hall–Kier alpha value is -1.55. The van der Waals surface area contributed by atoms with E-state index >= 15 is 0 Å². The molecule has 0 spiro atoms. The first-order valence-electron chi connectivity index (χ1n) is 6.86. The SMILES string of the molecule is O=C(O)[C@@H]1[C@H]2CC[C@@H](C2)[C@H]1C(=O)Nc1ccccc1Cl. The molecule has 4 nitrogen and oxygen atoms in total. The summed E-state index contributed by atoms with van der Waals surface area (Å²) < 4.78 is 0. The number of rotatable bonds is 3. The van der Waals surface area contributed by atoms with Crippen molar-refractivity contribution in [3.8, 4) is 0 Å². The summed E-state index contributed by atoms with van der Waals surface area (Å²) in [7, 11) is 0. The quantitative estimate of drug-likeness (QED) is 0.900. The molecule has 2 fully saturated rings. The van der Waals surface area contributed by atoms with Crippen molar-refractivity contribution >= 4 is 29.2 Å². The Bertz CT molecular complexity index is 560. The molecule has 0 unspecified atom stereocenters. The molecule has 1 aromatic carbocycles. The zero-order valence-electron chi connectivity index (χ0n) is 10.9. The number of nitrogens with one attached hydrogen (secondary N) is 1. The van der Waals surface area contributed by atoms with Gasteiger partial charge in [0.15, 0.2) is 0 Å².